The van der Waals surface area contributed by atoms with Gasteiger partial charge in [-0.2, -0.15) is 0 Å². The van der Waals surface area contributed by atoms with Crippen molar-refractivity contribution < 1.29 is 24.2 Å². The molecule has 0 saturated carbocycles. The lowest BCUT2D eigenvalue weighted by atomic mass is 10.1. The minimum absolute atomic E-state index is 0.0660. The molecule has 2 aliphatic heterocycles. The summed E-state index contributed by atoms with van der Waals surface area (Å²) in [6.45, 7) is 1.53. The van der Waals surface area contributed by atoms with E-state index < -0.39 is 0 Å². The maximum Gasteiger partial charge on any atom is 0.325 e. The number of carbonyl (C=O) groups excluding carboxylic acids is 2. The molecule has 2 atom stereocenters. The molecule has 0 spiro atoms. The smallest absolute Gasteiger partial charge is 0.325 e. The number of nitrogens with zero attached hydrogens (tertiary/aromatic N) is 2. The quantitative estimate of drug-likeness (QED) is 0.761. The number of aliphatic hydroxyl groups excluding tert-OH is 1. The number of amides is 3. The number of para-hydroxylation sites is 1. The largest absolute Gasteiger partial charge is 0.394 e. The van der Waals surface area contributed by atoms with Crippen LogP contribution in [-0.4, -0.2) is 74.1 Å². The van der Waals surface area contributed by atoms with Gasteiger partial charge in [-0.3, -0.25) is 9.69 Å². The molecule has 0 radical (unpaired) electrons. The molecule has 2 heterocycles. The maximum atomic E-state index is 12.6. The van der Waals surface area contributed by atoms with E-state index in [4.69, 9.17) is 14.6 Å². The lowest BCUT2D eigenvalue weighted by Crippen LogP contribution is -2.55. The third-order valence-electron chi connectivity index (χ3n) is 4.61. The van der Waals surface area contributed by atoms with Gasteiger partial charge in [0.15, 0.2) is 0 Å². The summed E-state index contributed by atoms with van der Waals surface area (Å²) in [5, 5.41) is 11.8. The van der Waals surface area contributed by atoms with Crippen molar-refractivity contribution in [1.82, 2.24) is 10.2 Å². The van der Waals surface area contributed by atoms with E-state index in [1.54, 1.807) is 11.9 Å². The minimum atomic E-state index is -0.296. The minimum Gasteiger partial charge on any atom is -0.394 e. The highest BCUT2D eigenvalue weighted by atomic mass is 16.5. The summed E-state index contributed by atoms with van der Waals surface area (Å²) < 4.78 is 11.0. The molecule has 8 nitrogen and oxygen atoms in total. The first-order valence-electron chi connectivity index (χ1n) is 8.80. The van der Waals surface area contributed by atoms with Crippen LogP contribution in [0.15, 0.2) is 24.3 Å². The lowest BCUT2D eigenvalue weighted by molar-refractivity contribution is -0.125. The van der Waals surface area contributed by atoms with Crippen LogP contribution in [0.2, 0.25) is 0 Å². The fourth-order valence-corrected chi connectivity index (χ4v) is 3.35. The third-order valence-corrected chi connectivity index (χ3v) is 4.61. The molecule has 0 unspecified atom stereocenters. The molecule has 3 amide bonds. The molecule has 2 aliphatic rings. The van der Waals surface area contributed by atoms with Gasteiger partial charge in [0.05, 0.1) is 37.7 Å². The number of benzene rings is 1. The summed E-state index contributed by atoms with van der Waals surface area (Å²) in [7, 11) is 1.72. The Balaban J connectivity index is 1.66. The number of rotatable bonds is 6. The van der Waals surface area contributed by atoms with Gasteiger partial charge in [-0.25, -0.2) is 4.79 Å². The zero-order valence-electron chi connectivity index (χ0n) is 14.9. The van der Waals surface area contributed by atoms with E-state index in [2.05, 4.69) is 5.32 Å². The summed E-state index contributed by atoms with van der Waals surface area (Å²) in [5.74, 6) is -0.267. The predicted octanol–water partition coefficient (Wildman–Crippen LogP) is 0.341. The topological polar surface area (TPSA) is 91.3 Å². The predicted molar refractivity (Wildman–Crippen MR) is 94.8 cm³/mol. The Morgan fingerprint density at radius 1 is 1.42 bits per heavy atom. The van der Waals surface area contributed by atoms with Gasteiger partial charge in [-0.05, 0) is 18.1 Å². The highest BCUT2D eigenvalue weighted by Gasteiger charge is 2.32. The van der Waals surface area contributed by atoms with Crippen LogP contribution in [0.4, 0.5) is 10.5 Å². The summed E-state index contributed by atoms with van der Waals surface area (Å²) in [4.78, 5) is 28.2. The molecule has 0 bridgehead atoms. The van der Waals surface area contributed by atoms with Gasteiger partial charge in [0.25, 0.3) is 0 Å². The van der Waals surface area contributed by atoms with Crippen molar-refractivity contribution in [2.75, 3.05) is 44.9 Å². The standard InChI is InChI=1S/C18H25N3O5/c1-20-10-13-4-2-3-5-15(13)21(18(20)24)11-17(23)19-14-12-25-8-6-16(14)26-9-7-22/h2-5,14,16,22H,6-12H2,1H3,(H,19,23)/t14-,16+/m1/s1. The van der Waals surface area contributed by atoms with E-state index in [9.17, 15) is 9.59 Å². The number of nitrogens with one attached hydrogen (secondary N) is 1. The zero-order chi connectivity index (χ0) is 18.5. The Kier molecular flexibility index (Phi) is 6.08. The molecule has 1 saturated heterocycles. The molecule has 26 heavy (non-hydrogen) atoms. The highest BCUT2D eigenvalue weighted by molar-refractivity contribution is 5.99. The number of urea groups is 1. The summed E-state index contributed by atoms with van der Waals surface area (Å²) >= 11 is 0. The highest BCUT2D eigenvalue weighted by Crippen LogP contribution is 2.27. The van der Waals surface area contributed by atoms with Crippen LogP contribution in [0.1, 0.15) is 12.0 Å². The second-order valence-corrected chi connectivity index (χ2v) is 6.52. The molecule has 0 aliphatic carbocycles. The van der Waals surface area contributed by atoms with Crippen LogP contribution in [0.25, 0.3) is 0 Å². The molecule has 1 aromatic carbocycles. The fraction of sp³-hybridized carbons (Fsp3) is 0.556. The van der Waals surface area contributed by atoms with Crippen molar-refractivity contribution in [3.63, 3.8) is 0 Å². The lowest BCUT2D eigenvalue weighted by Gasteiger charge is -2.36. The van der Waals surface area contributed by atoms with Gasteiger partial charge in [-0.15, -0.1) is 0 Å². The molecule has 1 fully saturated rings. The Morgan fingerprint density at radius 3 is 3.04 bits per heavy atom. The van der Waals surface area contributed by atoms with E-state index in [-0.39, 0.29) is 43.8 Å². The van der Waals surface area contributed by atoms with Crippen LogP contribution >= 0.6 is 0 Å². The first-order chi connectivity index (χ1) is 12.6. The molecular formula is C18H25N3O5. The molecule has 3 rings (SSSR count). The second-order valence-electron chi connectivity index (χ2n) is 6.52. The van der Waals surface area contributed by atoms with Gasteiger partial charge in [0.2, 0.25) is 5.91 Å². The van der Waals surface area contributed by atoms with Crippen molar-refractivity contribution in [2.24, 2.45) is 0 Å². The number of fused-ring (bicyclic) bond motifs is 1. The van der Waals surface area contributed by atoms with Gasteiger partial charge >= 0.3 is 6.03 Å². The number of hydrogen-bond acceptors (Lipinski definition) is 5. The molecular weight excluding hydrogens is 338 g/mol. The van der Waals surface area contributed by atoms with Gasteiger partial charge in [-0.1, -0.05) is 18.2 Å². The van der Waals surface area contributed by atoms with Crippen molar-refractivity contribution in [2.45, 2.75) is 25.1 Å². The number of carbonyl (C=O) groups is 2. The second kappa shape index (κ2) is 8.48. The van der Waals surface area contributed by atoms with E-state index in [0.29, 0.717) is 26.2 Å². The number of anilines is 1. The van der Waals surface area contributed by atoms with Crippen LogP contribution in [0, 0.1) is 0 Å². The maximum absolute atomic E-state index is 12.6. The Labute approximate surface area is 152 Å². The fourth-order valence-electron chi connectivity index (χ4n) is 3.35. The van der Waals surface area contributed by atoms with Crippen LogP contribution < -0.4 is 10.2 Å². The first-order valence-corrected chi connectivity index (χ1v) is 8.80. The van der Waals surface area contributed by atoms with E-state index in [0.717, 1.165) is 11.3 Å². The van der Waals surface area contributed by atoms with Gasteiger partial charge < -0.3 is 24.8 Å². The monoisotopic (exact) mass is 363 g/mol. The van der Waals surface area contributed by atoms with Gasteiger partial charge in [0.1, 0.15) is 6.54 Å². The third kappa shape index (κ3) is 4.14. The van der Waals surface area contributed by atoms with E-state index in [1.807, 2.05) is 24.3 Å². The zero-order valence-corrected chi connectivity index (χ0v) is 14.9. The molecule has 8 heteroatoms. The summed E-state index contributed by atoms with van der Waals surface area (Å²) in [6, 6.07) is 7.09. The summed E-state index contributed by atoms with van der Waals surface area (Å²) in [6.07, 6.45) is 0.450. The number of ether oxygens (including phenoxy) is 2. The molecule has 2 N–H and O–H groups in total. The van der Waals surface area contributed by atoms with Crippen molar-refractivity contribution in [3.8, 4) is 0 Å². The average molecular weight is 363 g/mol. The average Bonchev–Trinajstić information content (AvgIpc) is 2.64. The number of hydrogen-bond donors (Lipinski definition) is 2. The molecule has 142 valence electrons. The Hall–Kier alpha value is -2.16. The number of aliphatic hydroxyl groups is 1. The van der Waals surface area contributed by atoms with Crippen LogP contribution in [-0.2, 0) is 20.8 Å². The van der Waals surface area contributed by atoms with Gasteiger partial charge in [0, 0.05) is 20.2 Å². The summed E-state index contributed by atoms with van der Waals surface area (Å²) in [5.41, 5.74) is 1.77. The van der Waals surface area contributed by atoms with Crippen molar-refractivity contribution in [1.29, 1.82) is 0 Å². The van der Waals surface area contributed by atoms with E-state index >= 15 is 0 Å². The Morgan fingerprint density at radius 2 is 2.23 bits per heavy atom. The van der Waals surface area contributed by atoms with Crippen LogP contribution in [0.3, 0.4) is 0 Å². The Bertz CT molecular complexity index is 653. The van der Waals surface area contributed by atoms with Crippen molar-refractivity contribution >= 4 is 17.6 Å². The molecule has 1 aromatic rings. The van der Waals surface area contributed by atoms with Crippen molar-refractivity contribution in [3.05, 3.63) is 29.8 Å². The molecule has 0 aromatic heterocycles. The van der Waals surface area contributed by atoms with E-state index in [1.165, 1.54) is 4.90 Å². The normalized spacial score (nSPS) is 22.9. The first kappa shape index (κ1) is 18.6. The SMILES string of the molecule is CN1Cc2ccccc2N(CC(=O)N[C@@H]2COCC[C@@H]2OCCO)C1=O. The van der Waals surface area contributed by atoms with Crippen LogP contribution in [0.5, 0.6) is 0 Å².